The van der Waals surface area contributed by atoms with Crippen molar-refractivity contribution in [3.05, 3.63) is 22.3 Å². The molecular weight excluding hydrogens is 296 g/mol. The van der Waals surface area contributed by atoms with Gasteiger partial charge >= 0.3 is 0 Å². The highest BCUT2D eigenvalue weighted by atomic mass is 32.2. The third-order valence-corrected chi connectivity index (χ3v) is 4.97. The third kappa shape index (κ3) is 3.57. The van der Waals surface area contributed by atoms with Crippen LogP contribution in [0.3, 0.4) is 0 Å². The number of nitrogens with two attached hydrogens (primary N) is 1. The van der Waals surface area contributed by atoms with Gasteiger partial charge in [0, 0.05) is 11.3 Å². The maximum atomic E-state index is 11.0. The quantitative estimate of drug-likeness (QED) is 0.822. The highest BCUT2D eigenvalue weighted by Gasteiger charge is 2.18. The molecule has 0 fully saturated rings. The van der Waals surface area contributed by atoms with Crippen LogP contribution in [0.25, 0.3) is 0 Å². The fourth-order valence-corrected chi connectivity index (χ4v) is 3.97. The van der Waals surface area contributed by atoms with Gasteiger partial charge in [-0.3, -0.25) is 4.79 Å². The van der Waals surface area contributed by atoms with Gasteiger partial charge in [-0.15, -0.1) is 11.3 Å². The van der Waals surface area contributed by atoms with E-state index < -0.39 is 0 Å². The number of aromatic nitrogens is 3. The number of nitrogens with zero attached hydrogens (tertiary/aromatic N) is 3. The molecule has 0 radical (unpaired) electrons. The molecule has 8 heteroatoms. The van der Waals surface area contributed by atoms with Crippen molar-refractivity contribution in [1.82, 2.24) is 15.1 Å². The summed E-state index contributed by atoms with van der Waals surface area (Å²) in [6, 6.07) is 0. The van der Waals surface area contributed by atoms with Crippen LogP contribution in [0.5, 0.6) is 0 Å². The van der Waals surface area contributed by atoms with Crippen LogP contribution in [0, 0.1) is 6.92 Å². The molecule has 20 heavy (non-hydrogen) atoms. The largest absolute Gasteiger partial charge is 0.369 e. The number of carbonyl (C=O) groups excluding carboxylic acids is 1. The van der Waals surface area contributed by atoms with Crippen LogP contribution >= 0.6 is 23.1 Å². The average Bonchev–Trinajstić information content (AvgIpc) is 2.96. The van der Waals surface area contributed by atoms with Gasteiger partial charge in [0.1, 0.15) is 0 Å². The molecule has 0 aliphatic heterocycles. The number of thiazole rings is 1. The van der Waals surface area contributed by atoms with Gasteiger partial charge in [-0.05, 0) is 13.8 Å². The van der Waals surface area contributed by atoms with E-state index in [0.717, 1.165) is 21.3 Å². The van der Waals surface area contributed by atoms with Crippen LogP contribution in [0.1, 0.15) is 41.4 Å². The van der Waals surface area contributed by atoms with Crippen LogP contribution in [0.2, 0.25) is 0 Å². The van der Waals surface area contributed by atoms with Crippen molar-refractivity contribution in [2.24, 2.45) is 5.73 Å². The van der Waals surface area contributed by atoms with Crippen LogP contribution < -0.4 is 5.73 Å². The second-order valence-electron chi connectivity index (χ2n) is 4.29. The number of rotatable bonds is 6. The number of hydrogen-bond donors (Lipinski definition) is 1. The highest BCUT2D eigenvalue weighted by molar-refractivity contribution is 8.01. The van der Waals surface area contributed by atoms with Crippen molar-refractivity contribution in [1.29, 1.82) is 0 Å². The molecule has 2 N–H and O–H groups in total. The first-order chi connectivity index (χ1) is 9.49. The van der Waals surface area contributed by atoms with Crippen LogP contribution in [-0.4, -0.2) is 21.0 Å². The molecule has 2 rings (SSSR count). The lowest BCUT2D eigenvalue weighted by Gasteiger charge is -2.01. The Morgan fingerprint density at radius 3 is 2.85 bits per heavy atom. The fraction of sp³-hybridized carbons (Fsp3) is 0.500. The van der Waals surface area contributed by atoms with Gasteiger partial charge in [-0.1, -0.05) is 23.8 Å². The third-order valence-electron chi connectivity index (χ3n) is 2.63. The summed E-state index contributed by atoms with van der Waals surface area (Å²) in [5.74, 6) is 0.958. The van der Waals surface area contributed by atoms with Gasteiger partial charge in [0.2, 0.25) is 11.8 Å². The summed E-state index contributed by atoms with van der Waals surface area (Å²) in [6.07, 6.45) is 0.985. The fourth-order valence-electron chi connectivity index (χ4n) is 1.55. The van der Waals surface area contributed by atoms with E-state index in [-0.39, 0.29) is 17.6 Å². The molecule has 1 atom stereocenters. The maximum Gasteiger partial charge on any atom is 0.239 e. The molecule has 0 aliphatic carbocycles. The molecule has 2 aromatic rings. The van der Waals surface area contributed by atoms with E-state index in [9.17, 15) is 4.79 Å². The topological polar surface area (TPSA) is 94.9 Å². The van der Waals surface area contributed by atoms with Crippen LogP contribution in [0.15, 0.2) is 8.86 Å². The van der Waals surface area contributed by atoms with Gasteiger partial charge in [-0.25, -0.2) is 4.98 Å². The second kappa shape index (κ2) is 6.36. The number of thioether (sulfide) groups is 1. The average molecular weight is 312 g/mol. The van der Waals surface area contributed by atoms with Crippen molar-refractivity contribution < 1.29 is 9.32 Å². The summed E-state index contributed by atoms with van der Waals surface area (Å²) in [5.41, 5.74) is 6.06. The molecular formula is C12H16N4O2S2. The Morgan fingerprint density at radius 2 is 2.25 bits per heavy atom. The Morgan fingerprint density at radius 1 is 1.50 bits per heavy atom. The minimum absolute atomic E-state index is 0.0229. The molecule has 0 saturated carbocycles. The molecule has 0 saturated heterocycles. The molecule has 0 spiro atoms. The normalized spacial score (nSPS) is 12.6. The second-order valence-corrected chi connectivity index (χ2v) is 6.97. The number of carbonyl (C=O) groups is 1. The van der Waals surface area contributed by atoms with Crippen molar-refractivity contribution in [3.8, 4) is 0 Å². The molecule has 0 aromatic carbocycles. The molecule has 1 amide bonds. The van der Waals surface area contributed by atoms with Gasteiger partial charge in [0.05, 0.1) is 17.4 Å². The standard InChI is InChI=1S/C12H16N4O2S2/c1-4-10-15-11(18-16-10)7(3)19-12-14-6(2)8(20-12)5-9(13)17/h7H,4-5H2,1-3H3,(H2,13,17). The van der Waals surface area contributed by atoms with E-state index in [2.05, 4.69) is 15.1 Å². The van der Waals surface area contributed by atoms with Gasteiger partial charge in [0.15, 0.2) is 10.2 Å². The number of aryl methyl sites for hydroxylation is 2. The lowest BCUT2D eigenvalue weighted by molar-refractivity contribution is -0.117. The number of primary amides is 1. The Kier molecular flexibility index (Phi) is 4.77. The Hall–Kier alpha value is -1.41. The van der Waals surface area contributed by atoms with Crippen LogP contribution in [-0.2, 0) is 17.6 Å². The molecule has 2 heterocycles. The Labute approximate surface area is 125 Å². The summed E-state index contributed by atoms with van der Waals surface area (Å²) in [6.45, 7) is 5.85. The van der Waals surface area contributed by atoms with Gasteiger partial charge in [-0.2, -0.15) is 4.98 Å². The van der Waals surface area contributed by atoms with Gasteiger partial charge < -0.3 is 10.3 Å². The summed E-state index contributed by atoms with van der Waals surface area (Å²) in [7, 11) is 0. The summed E-state index contributed by atoms with van der Waals surface area (Å²) in [4.78, 5) is 20.6. The summed E-state index contributed by atoms with van der Waals surface area (Å²) >= 11 is 3.03. The maximum absolute atomic E-state index is 11.0. The molecule has 108 valence electrons. The van der Waals surface area contributed by atoms with E-state index in [0.29, 0.717) is 11.7 Å². The SMILES string of the molecule is CCc1noc(C(C)Sc2nc(C)c(CC(N)=O)s2)n1. The zero-order valence-electron chi connectivity index (χ0n) is 11.5. The van der Waals surface area contributed by atoms with E-state index in [1.165, 1.54) is 11.3 Å². The zero-order valence-corrected chi connectivity index (χ0v) is 13.2. The van der Waals surface area contributed by atoms with Crippen molar-refractivity contribution in [3.63, 3.8) is 0 Å². The zero-order chi connectivity index (χ0) is 14.7. The monoisotopic (exact) mass is 312 g/mol. The van der Waals surface area contributed by atoms with Crippen molar-refractivity contribution in [2.75, 3.05) is 0 Å². The van der Waals surface area contributed by atoms with E-state index in [1.54, 1.807) is 11.8 Å². The summed E-state index contributed by atoms with van der Waals surface area (Å²) < 4.78 is 6.09. The van der Waals surface area contributed by atoms with Gasteiger partial charge in [0.25, 0.3) is 0 Å². The molecule has 0 bridgehead atoms. The molecule has 6 nitrogen and oxygen atoms in total. The van der Waals surface area contributed by atoms with E-state index >= 15 is 0 Å². The smallest absolute Gasteiger partial charge is 0.239 e. The highest BCUT2D eigenvalue weighted by Crippen LogP contribution is 2.37. The molecule has 1 unspecified atom stereocenters. The van der Waals surface area contributed by atoms with Crippen molar-refractivity contribution in [2.45, 2.75) is 43.2 Å². The minimum atomic E-state index is -0.342. The first kappa shape index (κ1) is 15.0. The predicted molar refractivity (Wildman–Crippen MR) is 77.7 cm³/mol. The van der Waals surface area contributed by atoms with Crippen LogP contribution in [0.4, 0.5) is 0 Å². The minimum Gasteiger partial charge on any atom is -0.369 e. The summed E-state index contributed by atoms with van der Waals surface area (Å²) in [5, 5.41) is 3.90. The lowest BCUT2D eigenvalue weighted by Crippen LogP contribution is -2.13. The van der Waals surface area contributed by atoms with E-state index in [1.807, 2.05) is 20.8 Å². The predicted octanol–water partition coefficient (Wildman–Crippen LogP) is 2.28. The number of amides is 1. The Balaban J connectivity index is 2.07. The Bertz CT molecular complexity index is 608. The molecule has 2 aromatic heterocycles. The molecule has 0 aliphatic rings. The first-order valence-corrected chi connectivity index (χ1v) is 7.93. The van der Waals surface area contributed by atoms with Crippen molar-refractivity contribution >= 4 is 29.0 Å². The number of hydrogen-bond acceptors (Lipinski definition) is 7. The lowest BCUT2D eigenvalue weighted by atomic mass is 10.3. The van der Waals surface area contributed by atoms with E-state index in [4.69, 9.17) is 10.3 Å². The first-order valence-electron chi connectivity index (χ1n) is 6.23.